The zero-order valence-electron chi connectivity index (χ0n) is 12.6. The second-order valence-electron chi connectivity index (χ2n) is 6.22. The number of hydrogen-bond acceptors (Lipinski definition) is 4. The minimum absolute atomic E-state index is 0.0413. The molecule has 116 valence electrons. The van der Waals surface area contributed by atoms with E-state index in [-0.39, 0.29) is 5.91 Å². The molecule has 1 N–H and O–H groups in total. The molecule has 0 aromatic carbocycles. The van der Waals surface area contributed by atoms with Crippen molar-refractivity contribution in [3.63, 3.8) is 0 Å². The Morgan fingerprint density at radius 2 is 1.70 bits per heavy atom. The van der Waals surface area contributed by atoms with Crippen molar-refractivity contribution in [2.75, 3.05) is 25.9 Å². The Morgan fingerprint density at radius 3 is 2.10 bits per heavy atom. The molecular formula is C13H24N2O4S. The van der Waals surface area contributed by atoms with E-state index in [1.807, 2.05) is 20.8 Å². The first-order valence-corrected chi connectivity index (χ1v) is 8.51. The Labute approximate surface area is 120 Å². The number of nitrogens with one attached hydrogen (secondary N) is 1. The van der Waals surface area contributed by atoms with E-state index in [9.17, 15) is 18.0 Å². The molecule has 0 bridgehead atoms. The highest BCUT2D eigenvalue weighted by Crippen LogP contribution is 2.23. The lowest BCUT2D eigenvalue weighted by atomic mass is 9.93. The van der Waals surface area contributed by atoms with Gasteiger partial charge in [-0.15, -0.1) is 0 Å². The van der Waals surface area contributed by atoms with Gasteiger partial charge in [-0.25, -0.2) is 8.42 Å². The van der Waals surface area contributed by atoms with Gasteiger partial charge < -0.3 is 10.2 Å². The minimum Gasteiger partial charge on any atom is -0.358 e. The number of amides is 2. The Hall–Kier alpha value is -1.11. The lowest BCUT2D eigenvalue weighted by Gasteiger charge is -2.35. The maximum absolute atomic E-state index is 12.1. The Bertz CT molecular complexity index is 471. The normalized spacial score (nSPS) is 17.9. The van der Waals surface area contributed by atoms with Gasteiger partial charge in [0.05, 0.1) is 5.25 Å². The fourth-order valence-corrected chi connectivity index (χ4v) is 3.94. The van der Waals surface area contributed by atoms with E-state index in [2.05, 4.69) is 5.32 Å². The van der Waals surface area contributed by atoms with Gasteiger partial charge >= 0.3 is 0 Å². The van der Waals surface area contributed by atoms with Gasteiger partial charge in [0.25, 0.3) is 0 Å². The van der Waals surface area contributed by atoms with Gasteiger partial charge in [-0.05, 0) is 12.8 Å². The molecule has 0 radical (unpaired) electrons. The average Bonchev–Trinajstić information content (AvgIpc) is 2.36. The molecule has 6 nitrogen and oxygen atoms in total. The first-order chi connectivity index (χ1) is 9.08. The highest BCUT2D eigenvalue weighted by molar-refractivity contribution is 7.92. The lowest BCUT2D eigenvalue weighted by molar-refractivity contribution is -0.140. The van der Waals surface area contributed by atoms with Crippen LogP contribution in [0.2, 0.25) is 0 Å². The van der Waals surface area contributed by atoms with Gasteiger partial charge in [0.2, 0.25) is 11.8 Å². The zero-order valence-corrected chi connectivity index (χ0v) is 13.4. The summed E-state index contributed by atoms with van der Waals surface area (Å²) in [5.41, 5.74) is -0.451. The van der Waals surface area contributed by atoms with Crippen LogP contribution >= 0.6 is 0 Å². The SMILES string of the molecule is CNC(=O)CS(=O)(=O)C1CCN(C(=O)C(C)(C)C)CC1. The van der Waals surface area contributed by atoms with E-state index < -0.39 is 32.2 Å². The molecule has 0 aliphatic carbocycles. The summed E-state index contributed by atoms with van der Waals surface area (Å²) in [5.74, 6) is -0.917. The molecule has 7 heteroatoms. The minimum atomic E-state index is -3.43. The van der Waals surface area contributed by atoms with Crippen molar-refractivity contribution in [1.82, 2.24) is 10.2 Å². The maximum Gasteiger partial charge on any atom is 0.234 e. The van der Waals surface area contributed by atoms with Crippen LogP contribution in [0.15, 0.2) is 0 Å². The van der Waals surface area contributed by atoms with E-state index in [1.54, 1.807) is 4.90 Å². The first-order valence-electron chi connectivity index (χ1n) is 6.79. The van der Waals surface area contributed by atoms with Crippen LogP contribution in [0, 0.1) is 5.41 Å². The molecule has 0 atom stereocenters. The molecule has 1 fully saturated rings. The number of hydrogen-bond donors (Lipinski definition) is 1. The number of nitrogens with zero attached hydrogens (tertiary/aromatic N) is 1. The molecule has 0 spiro atoms. The van der Waals surface area contributed by atoms with Crippen LogP contribution in [-0.4, -0.2) is 56.3 Å². The smallest absolute Gasteiger partial charge is 0.234 e. The van der Waals surface area contributed by atoms with E-state index >= 15 is 0 Å². The monoisotopic (exact) mass is 304 g/mol. The Morgan fingerprint density at radius 1 is 1.20 bits per heavy atom. The van der Waals surface area contributed by atoms with Gasteiger partial charge in [0.1, 0.15) is 5.75 Å². The average molecular weight is 304 g/mol. The summed E-state index contributed by atoms with van der Waals surface area (Å²) in [6.07, 6.45) is 0.808. The number of carbonyl (C=O) groups is 2. The molecule has 2 amide bonds. The van der Waals surface area contributed by atoms with Crippen molar-refractivity contribution < 1.29 is 18.0 Å². The number of sulfone groups is 1. The van der Waals surface area contributed by atoms with Crippen molar-refractivity contribution in [3.05, 3.63) is 0 Å². The first kappa shape index (κ1) is 16.9. The van der Waals surface area contributed by atoms with Gasteiger partial charge in [-0.3, -0.25) is 9.59 Å². The summed E-state index contributed by atoms with van der Waals surface area (Å²) in [7, 11) is -2.01. The number of piperidine rings is 1. The molecule has 0 unspecified atom stereocenters. The molecule has 1 aliphatic rings. The summed E-state index contributed by atoms with van der Waals surface area (Å²) in [5, 5.41) is 1.80. The third-order valence-electron chi connectivity index (χ3n) is 3.49. The summed E-state index contributed by atoms with van der Waals surface area (Å²) in [6.45, 7) is 6.43. The third-order valence-corrected chi connectivity index (χ3v) is 5.64. The molecule has 1 rings (SSSR count). The van der Waals surface area contributed by atoms with Crippen molar-refractivity contribution >= 4 is 21.7 Å². The summed E-state index contributed by atoms with van der Waals surface area (Å²) >= 11 is 0. The quantitative estimate of drug-likeness (QED) is 0.806. The molecular weight excluding hydrogens is 280 g/mol. The van der Waals surface area contributed by atoms with Gasteiger partial charge in [-0.2, -0.15) is 0 Å². The Balaban J connectivity index is 2.63. The van der Waals surface area contributed by atoms with Crippen LogP contribution < -0.4 is 5.32 Å². The van der Waals surface area contributed by atoms with Crippen molar-refractivity contribution in [2.45, 2.75) is 38.9 Å². The van der Waals surface area contributed by atoms with E-state index in [0.717, 1.165) is 0 Å². The van der Waals surface area contributed by atoms with Crippen LogP contribution in [0.1, 0.15) is 33.6 Å². The largest absolute Gasteiger partial charge is 0.358 e. The number of rotatable bonds is 3. The summed E-state index contributed by atoms with van der Waals surface area (Å²) < 4.78 is 24.1. The van der Waals surface area contributed by atoms with Gasteiger partial charge in [0, 0.05) is 25.6 Å². The highest BCUT2D eigenvalue weighted by Gasteiger charge is 2.35. The van der Waals surface area contributed by atoms with Crippen LogP contribution in [0.3, 0.4) is 0 Å². The van der Waals surface area contributed by atoms with E-state index in [4.69, 9.17) is 0 Å². The predicted octanol–water partition coefficient (Wildman–Crippen LogP) is 0.184. The molecule has 20 heavy (non-hydrogen) atoms. The third kappa shape index (κ3) is 4.19. The van der Waals surface area contributed by atoms with E-state index in [1.165, 1.54) is 7.05 Å². The van der Waals surface area contributed by atoms with Gasteiger partial charge in [-0.1, -0.05) is 20.8 Å². The molecule has 1 saturated heterocycles. The molecule has 0 aromatic heterocycles. The molecule has 1 aliphatic heterocycles. The maximum atomic E-state index is 12.1. The van der Waals surface area contributed by atoms with Gasteiger partial charge in [0.15, 0.2) is 9.84 Å². The molecule has 1 heterocycles. The number of carbonyl (C=O) groups excluding carboxylic acids is 2. The predicted molar refractivity (Wildman–Crippen MR) is 76.9 cm³/mol. The second-order valence-corrected chi connectivity index (χ2v) is 8.50. The van der Waals surface area contributed by atoms with Crippen molar-refractivity contribution in [2.24, 2.45) is 5.41 Å². The summed E-state index contributed by atoms with van der Waals surface area (Å²) in [6, 6.07) is 0. The van der Waals surface area contributed by atoms with E-state index in [0.29, 0.717) is 25.9 Å². The molecule has 0 saturated carbocycles. The van der Waals surface area contributed by atoms with Crippen molar-refractivity contribution in [1.29, 1.82) is 0 Å². The van der Waals surface area contributed by atoms with Crippen LogP contribution in [-0.2, 0) is 19.4 Å². The van der Waals surface area contributed by atoms with Crippen LogP contribution in [0.5, 0.6) is 0 Å². The molecule has 0 aromatic rings. The highest BCUT2D eigenvalue weighted by atomic mass is 32.2. The zero-order chi connectivity index (χ0) is 15.6. The Kier molecular flexibility index (Phi) is 5.18. The fourth-order valence-electron chi connectivity index (χ4n) is 2.27. The second kappa shape index (κ2) is 6.11. The van der Waals surface area contributed by atoms with Crippen molar-refractivity contribution in [3.8, 4) is 0 Å². The fraction of sp³-hybridized carbons (Fsp3) is 0.846. The van der Waals surface area contributed by atoms with Crippen LogP contribution in [0.4, 0.5) is 0 Å². The van der Waals surface area contributed by atoms with Crippen LogP contribution in [0.25, 0.3) is 0 Å². The number of likely N-dealkylation sites (tertiary alicyclic amines) is 1. The lowest BCUT2D eigenvalue weighted by Crippen LogP contribution is -2.47. The standard InChI is InChI=1S/C13H24N2O4S/c1-13(2,3)12(17)15-7-5-10(6-8-15)20(18,19)9-11(16)14-4/h10H,5-9H2,1-4H3,(H,14,16). The summed E-state index contributed by atoms with van der Waals surface area (Å²) in [4.78, 5) is 25.0. The topological polar surface area (TPSA) is 83.6 Å².